The summed E-state index contributed by atoms with van der Waals surface area (Å²) in [6.45, 7) is 4.80. The average molecular weight is 387 g/mol. The molecule has 0 bridgehead atoms. The minimum absolute atomic E-state index is 0.416. The summed E-state index contributed by atoms with van der Waals surface area (Å²) in [7, 11) is 1.38. The van der Waals surface area contributed by atoms with Gasteiger partial charge in [0, 0.05) is 13.6 Å². The zero-order valence-electron chi connectivity index (χ0n) is 16.7. The molecule has 0 saturated heterocycles. The fraction of sp³-hybridized carbons (Fsp3) is 0.208. The molecule has 1 aromatic heterocycles. The van der Waals surface area contributed by atoms with E-state index in [1.807, 2.05) is 32.0 Å². The van der Waals surface area contributed by atoms with E-state index in [1.54, 1.807) is 7.05 Å². The molecule has 0 atom stereocenters. The molecule has 142 valence electrons. The fourth-order valence-electron chi connectivity index (χ4n) is 2.97. The van der Waals surface area contributed by atoms with E-state index in [0.29, 0.717) is 0 Å². The smallest absolute Gasteiger partial charge is 0.0845 e. The summed E-state index contributed by atoms with van der Waals surface area (Å²) < 4.78 is 0. The van der Waals surface area contributed by atoms with Crippen molar-refractivity contribution < 1.29 is 0 Å². The van der Waals surface area contributed by atoms with Crippen LogP contribution < -0.4 is 10.6 Å². The maximum Gasteiger partial charge on any atom is 0.0845 e. The van der Waals surface area contributed by atoms with Crippen LogP contribution in [-0.4, -0.2) is 36.2 Å². The van der Waals surface area contributed by atoms with Crippen molar-refractivity contribution >= 4 is 30.0 Å². The lowest BCUT2D eigenvalue weighted by Gasteiger charge is -2.18. The van der Waals surface area contributed by atoms with Crippen LogP contribution in [0, 0.1) is 0 Å². The molecule has 3 nitrogen and oxygen atoms in total. The first-order chi connectivity index (χ1) is 13.7. The van der Waals surface area contributed by atoms with E-state index in [1.165, 1.54) is 10.6 Å². The Morgan fingerprint density at radius 2 is 1.29 bits per heavy atom. The topological polar surface area (TPSA) is 37.6 Å². The van der Waals surface area contributed by atoms with Crippen LogP contribution in [0.5, 0.6) is 0 Å². The van der Waals surface area contributed by atoms with Crippen LogP contribution in [-0.2, 0) is 0 Å². The molecule has 0 spiro atoms. The molecule has 0 aliphatic rings. The molecule has 0 saturated carbocycles. The number of rotatable bonds is 7. The largest absolute Gasteiger partial charge is 0.291 e. The molecule has 28 heavy (non-hydrogen) atoms. The van der Waals surface area contributed by atoms with E-state index in [-0.39, 0.29) is 0 Å². The number of pyridine rings is 1. The molecule has 0 radical (unpaired) electrons. The first-order valence-corrected chi connectivity index (χ1v) is 11.0. The molecular weight excluding hydrogens is 361 g/mol. The minimum atomic E-state index is -0.416. The van der Waals surface area contributed by atoms with E-state index in [4.69, 9.17) is 9.98 Å². The molecule has 0 aliphatic heterocycles. The lowest BCUT2D eigenvalue weighted by atomic mass is 10.2. The molecule has 1 heterocycles. The number of aromatic nitrogens is 1. The van der Waals surface area contributed by atoms with E-state index < -0.39 is 7.92 Å². The number of hydrogen-bond acceptors (Lipinski definition) is 3. The maximum absolute atomic E-state index is 4.84. The normalized spacial score (nSPS) is 12.4. The number of hydrogen-bond donors (Lipinski definition) is 0. The Bertz CT molecular complexity index is 910. The SMILES string of the molecule is CN=C(C)c1cccc(C(C)=NCCP(c2ccccc2)c2ccccc2)n1. The van der Waals surface area contributed by atoms with Gasteiger partial charge in [0.15, 0.2) is 0 Å². The summed E-state index contributed by atoms with van der Waals surface area (Å²) in [5.41, 5.74) is 3.74. The second-order valence-electron chi connectivity index (χ2n) is 6.51. The van der Waals surface area contributed by atoms with Crippen LogP contribution >= 0.6 is 7.92 Å². The van der Waals surface area contributed by atoms with Crippen LogP contribution in [0.3, 0.4) is 0 Å². The molecule has 0 N–H and O–H groups in total. The van der Waals surface area contributed by atoms with Crippen LogP contribution in [0.4, 0.5) is 0 Å². The summed E-state index contributed by atoms with van der Waals surface area (Å²) in [5.74, 6) is 0. The molecule has 4 heteroatoms. The van der Waals surface area contributed by atoms with E-state index in [0.717, 1.165) is 35.5 Å². The van der Waals surface area contributed by atoms with Crippen molar-refractivity contribution in [2.24, 2.45) is 9.98 Å². The van der Waals surface area contributed by atoms with Crippen molar-refractivity contribution in [1.29, 1.82) is 0 Å². The zero-order chi connectivity index (χ0) is 19.8. The molecule has 3 aromatic rings. The summed E-state index contributed by atoms with van der Waals surface area (Å²) >= 11 is 0. The van der Waals surface area contributed by atoms with Crippen molar-refractivity contribution in [3.8, 4) is 0 Å². The molecule has 0 fully saturated rings. The second kappa shape index (κ2) is 10.1. The Morgan fingerprint density at radius 3 is 1.82 bits per heavy atom. The number of benzene rings is 2. The van der Waals surface area contributed by atoms with Gasteiger partial charge >= 0.3 is 0 Å². The third-order valence-corrected chi connectivity index (χ3v) is 7.12. The number of nitrogens with zero attached hydrogens (tertiary/aromatic N) is 3. The van der Waals surface area contributed by atoms with Gasteiger partial charge in [-0.2, -0.15) is 0 Å². The third kappa shape index (κ3) is 5.21. The van der Waals surface area contributed by atoms with Crippen molar-refractivity contribution in [3.63, 3.8) is 0 Å². The lowest BCUT2D eigenvalue weighted by Crippen LogP contribution is -2.15. The molecule has 0 aliphatic carbocycles. The standard InChI is InChI=1S/C24H26N3P/c1-19(25-3)23-15-10-16-24(27-23)20(2)26-17-18-28(21-11-6-4-7-12-21)22-13-8-5-9-14-22/h4-16H,17-18H2,1-3H3. The first-order valence-electron chi connectivity index (χ1n) is 9.49. The Morgan fingerprint density at radius 1 is 0.750 bits per heavy atom. The van der Waals surface area contributed by atoms with Crippen molar-refractivity contribution in [2.45, 2.75) is 13.8 Å². The van der Waals surface area contributed by atoms with E-state index >= 15 is 0 Å². The molecule has 0 unspecified atom stereocenters. The van der Waals surface area contributed by atoms with Gasteiger partial charge in [-0.3, -0.25) is 9.98 Å². The summed E-state index contributed by atoms with van der Waals surface area (Å²) in [5, 5.41) is 2.79. The van der Waals surface area contributed by atoms with Gasteiger partial charge in [0.05, 0.1) is 22.8 Å². The summed E-state index contributed by atoms with van der Waals surface area (Å²) in [4.78, 5) is 13.8. The molecule has 2 aromatic carbocycles. The van der Waals surface area contributed by atoms with Gasteiger partial charge < -0.3 is 0 Å². The maximum atomic E-state index is 4.84. The molecule has 3 rings (SSSR count). The lowest BCUT2D eigenvalue weighted by molar-refractivity contribution is 1.12. The summed E-state index contributed by atoms with van der Waals surface area (Å²) in [6.07, 6.45) is 1.02. The monoisotopic (exact) mass is 387 g/mol. The quantitative estimate of drug-likeness (QED) is 0.436. The average Bonchev–Trinajstić information content (AvgIpc) is 2.77. The zero-order valence-corrected chi connectivity index (χ0v) is 17.6. The highest BCUT2D eigenvalue weighted by Gasteiger charge is 2.13. The first kappa shape index (κ1) is 20.1. The highest BCUT2D eigenvalue weighted by Crippen LogP contribution is 2.32. The predicted molar refractivity (Wildman–Crippen MR) is 123 cm³/mol. The van der Waals surface area contributed by atoms with Gasteiger partial charge in [-0.25, -0.2) is 4.98 Å². The van der Waals surface area contributed by atoms with Gasteiger partial charge in [0.25, 0.3) is 0 Å². The second-order valence-corrected chi connectivity index (χ2v) is 8.84. The summed E-state index contributed by atoms with van der Waals surface area (Å²) in [6, 6.07) is 27.6. The van der Waals surface area contributed by atoms with Gasteiger partial charge in [-0.15, -0.1) is 0 Å². The van der Waals surface area contributed by atoms with Gasteiger partial charge in [-0.05, 0) is 50.7 Å². The Balaban J connectivity index is 1.77. The highest BCUT2D eigenvalue weighted by molar-refractivity contribution is 7.73. The van der Waals surface area contributed by atoms with Gasteiger partial charge in [0.2, 0.25) is 0 Å². The van der Waals surface area contributed by atoms with Crippen LogP contribution in [0.25, 0.3) is 0 Å². The fourth-order valence-corrected chi connectivity index (χ4v) is 5.15. The molecular formula is C24H26N3P. The van der Waals surface area contributed by atoms with Crippen molar-refractivity contribution in [2.75, 3.05) is 19.8 Å². The van der Waals surface area contributed by atoms with Crippen molar-refractivity contribution in [1.82, 2.24) is 4.98 Å². The van der Waals surface area contributed by atoms with Crippen LogP contribution in [0.2, 0.25) is 0 Å². The number of aliphatic imine (C=N–C) groups is 2. The van der Waals surface area contributed by atoms with Gasteiger partial charge in [0.1, 0.15) is 0 Å². The molecule has 0 amide bonds. The van der Waals surface area contributed by atoms with Crippen LogP contribution in [0.15, 0.2) is 88.8 Å². The highest BCUT2D eigenvalue weighted by atomic mass is 31.1. The minimum Gasteiger partial charge on any atom is -0.291 e. The Kier molecular flexibility index (Phi) is 7.22. The van der Waals surface area contributed by atoms with E-state index in [9.17, 15) is 0 Å². The predicted octanol–water partition coefficient (Wildman–Crippen LogP) is 4.46. The Labute approximate surface area is 169 Å². The van der Waals surface area contributed by atoms with Gasteiger partial charge in [-0.1, -0.05) is 66.7 Å². The Hall–Kier alpha value is -2.64. The van der Waals surface area contributed by atoms with Crippen LogP contribution in [0.1, 0.15) is 25.2 Å². The third-order valence-electron chi connectivity index (χ3n) is 4.63. The van der Waals surface area contributed by atoms with E-state index in [2.05, 4.69) is 65.7 Å². The van der Waals surface area contributed by atoms with Crippen molar-refractivity contribution in [3.05, 3.63) is 90.3 Å².